The largest absolute Gasteiger partial charge is 0.386 e. The number of anilines is 1. The monoisotopic (exact) mass is 391 g/mol. The van der Waals surface area contributed by atoms with Gasteiger partial charge in [-0.3, -0.25) is 4.79 Å². The number of nitrogens with one attached hydrogen (secondary N) is 1. The van der Waals surface area contributed by atoms with Crippen molar-refractivity contribution in [1.29, 1.82) is 0 Å². The van der Waals surface area contributed by atoms with Crippen molar-refractivity contribution in [2.24, 2.45) is 12.5 Å². The van der Waals surface area contributed by atoms with E-state index in [1.54, 1.807) is 11.6 Å². The quantitative estimate of drug-likeness (QED) is 0.705. The number of aromatic amines is 1. The Labute approximate surface area is 171 Å². The molecule has 29 heavy (non-hydrogen) atoms. The van der Waals surface area contributed by atoms with Gasteiger partial charge in [0.05, 0.1) is 5.60 Å². The average Bonchev–Trinajstić information content (AvgIpc) is 3.25. The average molecular weight is 392 g/mol. The molecule has 5 nitrogen and oxygen atoms in total. The first-order valence-corrected chi connectivity index (χ1v) is 10.6. The summed E-state index contributed by atoms with van der Waals surface area (Å²) >= 11 is 0. The van der Waals surface area contributed by atoms with E-state index in [4.69, 9.17) is 0 Å². The molecule has 1 aromatic carbocycles. The number of aliphatic hydroxyl groups is 1. The second-order valence-electron chi connectivity index (χ2n) is 9.50. The fourth-order valence-corrected chi connectivity index (χ4v) is 4.79. The van der Waals surface area contributed by atoms with Gasteiger partial charge in [0.15, 0.2) is 0 Å². The molecule has 1 aliphatic carbocycles. The zero-order chi connectivity index (χ0) is 20.4. The second-order valence-corrected chi connectivity index (χ2v) is 9.50. The standard InChI is InChI=1S/C24H29N3O2/c1-23(2,29)16-4-5-20(27-12-9-24(7-8-24)10-13-27)18(14-16)19-15-26(3)22(28)21-17(19)6-11-25-21/h4-6,11,14-15,25,29H,7-10,12-13H2,1-3H3. The van der Waals surface area contributed by atoms with E-state index in [9.17, 15) is 9.90 Å². The molecule has 2 aliphatic rings. The van der Waals surface area contributed by atoms with E-state index in [0.29, 0.717) is 10.9 Å². The zero-order valence-electron chi connectivity index (χ0n) is 17.5. The maximum Gasteiger partial charge on any atom is 0.274 e. The molecule has 5 heteroatoms. The fourth-order valence-electron chi connectivity index (χ4n) is 4.79. The highest BCUT2D eigenvalue weighted by Crippen LogP contribution is 2.54. The summed E-state index contributed by atoms with van der Waals surface area (Å²) < 4.78 is 1.64. The Hall–Kier alpha value is -2.53. The minimum absolute atomic E-state index is 0.0254. The Bertz CT molecular complexity index is 1140. The number of benzene rings is 1. The van der Waals surface area contributed by atoms with Gasteiger partial charge < -0.3 is 19.6 Å². The molecule has 2 fully saturated rings. The Morgan fingerprint density at radius 1 is 1.07 bits per heavy atom. The number of hydrogen-bond donors (Lipinski definition) is 2. The van der Waals surface area contributed by atoms with Gasteiger partial charge in [-0.1, -0.05) is 6.07 Å². The minimum atomic E-state index is -0.925. The Kier molecular flexibility index (Phi) is 3.97. The van der Waals surface area contributed by atoms with Crippen molar-refractivity contribution in [3.8, 4) is 11.1 Å². The summed E-state index contributed by atoms with van der Waals surface area (Å²) in [4.78, 5) is 18.1. The van der Waals surface area contributed by atoms with Crippen LogP contribution in [-0.4, -0.2) is 27.7 Å². The maximum atomic E-state index is 12.5. The number of H-pyrrole nitrogens is 1. The van der Waals surface area contributed by atoms with Gasteiger partial charge in [-0.2, -0.15) is 0 Å². The van der Waals surface area contributed by atoms with E-state index in [1.165, 1.54) is 31.4 Å². The Morgan fingerprint density at radius 3 is 2.45 bits per heavy atom. The molecule has 1 saturated carbocycles. The Balaban J connectivity index is 1.69. The number of aromatic nitrogens is 2. The van der Waals surface area contributed by atoms with Gasteiger partial charge >= 0.3 is 0 Å². The molecular formula is C24H29N3O2. The number of aryl methyl sites for hydroxylation is 1. The third kappa shape index (κ3) is 3.08. The molecule has 0 atom stereocenters. The highest BCUT2D eigenvalue weighted by atomic mass is 16.3. The number of pyridine rings is 1. The van der Waals surface area contributed by atoms with Crippen LogP contribution in [0.3, 0.4) is 0 Å². The maximum absolute atomic E-state index is 12.5. The summed E-state index contributed by atoms with van der Waals surface area (Å²) in [6.07, 6.45) is 9.04. The lowest BCUT2D eigenvalue weighted by Gasteiger charge is -2.35. The van der Waals surface area contributed by atoms with Crippen molar-refractivity contribution in [3.05, 3.63) is 52.6 Å². The normalized spacial score (nSPS) is 18.6. The predicted molar refractivity (Wildman–Crippen MR) is 117 cm³/mol. The van der Waals surface area contributed by atoms with Crippen LogP contribution in [0.15, 0.2) is 41.5 Å². The molecule has 152 valence electrons. The first-order valence-electron chi connectivity index (χ1n) is 10.6. The van der Waals surface area contributed by atoms with E-state index in [1.807, 2.05) is 38.4 Å². The molecule has 0 radical (unpaired) electrons. The van der Waals surface area contributed by atoms with Crippen molar-refractivity contribution < 1.29 is 5.11 Å². The number of rotatable bonds is 3. The van der Waals surface area contributed by atoms with Crippen molar-refractivity contribution in [2.75, 3.05) is 18.0 Å². The lowest BCUT2D eigenvalue weighted by atomic mass is 9.90. The smallest absolute Gasteiger partial charge is 0.274 e. The van der Waals surface area contributed by atoms with Gasteiger partial charge in [0, 0.05) is 54.7 Å². The third-order valence-corrected chi connectivity index (χ3v) is 7.01. The van der Waals surface area contributed by atoms with Crippen LogP contribution >= 0.6 is 0 Å². The molecule has 1 aliphatic heterocycles. The van der Waals surface area contributed by atoms with Gasteiger partial charge in [0.2, 0.25) is 0 Å². The first kappa shape index (κ1) is 18.5. The van der Waals surface area contributed by atoms with Crippen molar-refractivity contribution >= 4 is 16.6 Å². The number of piperidine rings is 1. The predicted octanol–water partition coefficient (Wildman–Crippen LogP) is 4.14. The van der Waals surface area contributed by atoms with E-state index in [2.05, 4.69) is 22.0 Å². The third-order valence-electron chi connectivity index (χ3n) is 7.01. The van der Waals surface area contributed by atoms with Crippen LogP contribution in [-0.2, 0) is 12.6 Å². The fraction of sp³-hybridized carbons (Fsp3) is 0.458. The van der Waals surface area contributed by atoms with Crippen molar-refractivity contribution in [3.63, 3.8) is 0 Å². The zero-order valence-corrected chi connectivity index (χ0v) is 17.5. The van der Waals surface area contributed by atoms with Crippen molar-refractivity contribution in [1.82, 2.24) is 9.55 Å². The summed E-state index contributed by atoms with van der Waals surface area (Å²) in [7, 11) is 1.80. The van der Waals surface area contributed by atoms with Crippen molar-refractivity contribution in [2.45, 2.75) is 45.1 Å². The summed E-state index contributed by atoms with van der Waals surface area (Å²) in [6.45, 7) is 5.76. The van der Waals surface area contributed by atoms with Crippen LogP contribution in [0.2, 0.25) is 0 Å². The summed E-state index contributed by atoms with van der Waals surface area (Å²) in [5, 5.41) is 11.6. The van der Waals surface area contributed by atoms with Gasteiger partial charge in [-0.15, -0.1) is 0 Å². The number of hydrogen-bond acceptors (Lipinski definition) is 3. The van der Waals surface area contributed by atoms with Crippen LogP contribution in [0.25, 0.3) is 22.0 Å². The molecule has 0 unspecified atom stereocenters. The minimum Gasteiger partial charge on any atom is -0.386 e. The molecule has 5 rings (SSSR count). The van der Waals surface area contributed by atoms with E-state index in [0.717, 1.165) is 35.2 Å². The summed E-state index contributed by atoms with van der Waals surface area (Å²) in [5.41, 5.74) is 4.47. The molecule has 1 saturated heterocycles. The molecule has 3 aromatic rings. The van der Waals surface area contributed by atoms with Gasteiger partial charge in [-0.05, 0) is 68.7 Å². The topological polar surface area (TPSA) is 61.3 Å². The Morgan fingerprint density at radius 2 is 1.79 bits per heavy atom. The van der Waals surface area contributed by atoms with Crippen LogP contribution in [0, 0.1) is 5.41 Å². The summed E-state index contributed by atoms with van der Waals surface area (Å²) in [5.74, 6) is 0. The molecule has 0 amide bonds. The molecule has 2 aromatic heterocycles. The van der Waals surface area contributed by atoms with Crippen LogP contribution in [0.1, 0.15) is 45.1 Å². The highest BCUT2D eigenvalue weighted by Gasteiger charge is 2.44. The van der Waals surface area contributed by atoms with Crippen LogP contribution in [0.5, 0.6) is 0 Å². The molecule has 2 N–H and O–H groups in total. The molecule has 1 spiro atoms. The molecular weight excluding hydrogens is 362 g/mol. The lowest BCUT2D eigenvalue weighted by Crippen LogP contribution is -2.34. The summed E-state index contributed by atoms with van der Waals surface area (Å²) in [6, 6.07) is 8.26. The SMILES string of the molecule is Cn1cc(-c2cc(C(C)(C)O)ccc2N2CCC3(CC2)CC3)c2cc[nH]c2c1=O. The van der Waals surface area contributed by atoms with E-state index < -0.39 is 5.60 Å². The van der Waals surface area contributed by atoms with Crippen LogP contribution in [0.4, 0.5) is 5.69 Å². The van der Waals surface area contributed by atoms with E-state index >= 15 is 0 Å². The second kappa shape index (κ2) is 6.23. The van der Waals surface area contributed by atoms with E-state index in [-0.39, 0.29) is 5.56 Å². The lowest BCUT2D eigenvalue weighted by molar-refractivity contribution is 0.0786. The first-order chi connectivity index (χ1) is 13.8. The molecule has 0 bridgehead atoms. The highest BCUT2D eigenvalue weighted by molar-refractivity contribution is 5.98. The van der Waals surface area contributed by atoms with Gasteiger partial charge in [0.1, 0.15) is 5.52 Å². The van der Waals surface area contributed by atoms with Gasteiger partial charge in [-0.25, -0.2) is 0 Å². The molecule has 3 heterocycles. The number of nitrogens with zero attached hydrogens (tertiary/aromatic N) is 2. The van der Waals surface area contributed by atoms with Crippen LogP contribution < -0.4 is 10.5 Å². The number of fused-ring (bicyclic) bond motifs is 1. The van der Waals surface area contributed by atoms with Gasteiger partial charge in [0.25, 0.3) is 5.56 Å².